The Kier molecular flexibility index (Phi) is 5.61. The summed E-state index contributed by atoms with van der Waals surface area (Å²) in [5.41, 5.74) is 6.44. The summed E-state index contributed by atoms with van der Waals surface area (Å²) in [4.78, 5) is 12.9. The molecule has 0 amide bonds. The molecule has 2 aromatic heterocycles. The highest BCUT2D eigenvalue weighted by atomic mass is 16.1. The van der Waals surface area contributed by atoms with Crippen LogP contribution in [0.5, 0.6) is 0 Å². The zero-order valence-electron chi connectivity index (χ0n) is 17.6. The second-order valence-electron chi connectivity index (χ2n) is 7.36. The van der Waals surface area contributed by atoms with E-state index in [4.69, 9.17) is 0 Å². The van der Waals surface area contributed by atoms with Gasteiger partial charge in [0.2, 0.25) is 0 Å². The van der Waals surface area contributed by atoms with Crippen LogP contribution in [0.1, 0.15) is 37.2 Å². The first-order chi connectivity index (χ1) is 14.6. The highest BCUT2D eigenvalue weighted by Crippen LogP contribution is 2.26. The van der Waals surface area contributed by atoms with Gasteiger partial charge in [0, 0.05) is 23.5 Å². The molecule has 30 heavy (non-hydrogen) atoms. The first-order valence-corrected chi connectivity index (χ1v) is 10.3. The molecule has 0 saturated heterocycles. The van der Waals surface area contributed by atoms with E-state index < -0.39 is 0 Å². The highest BCUT2D eigenvalue weighted by molar-refractivity contribution is 5.72. The Balaban J connectivity index is 1.66. The molecule has 0 unspecified atom stereocenters. The van der Waals surface area contributed by atoms with E-state index in [9.17, 15) is 4.79 Å². The fourth-order valence-electron chi connectivity index (χ4n) is 4.01. The van der Waals surface area contributed by atoms with Crippen molar-refractivity contribution in [3.63, 3.8) is 0 Å². The van der Waals surface area contributed by atoms with Crippen LogP contribution in [0.15, 0.2) is 59.7 Å². The maximum absolute atomic E-state index is 12.9. The average Bonchev–Trinajstić information content (AvgIpc) is 3.38. The van der Waals surface area contributed by atoms with Crippen molar-refractivity contribution in [3.05, 3.63) is 82.3 Å². The van der Waals surface area contributed by atoms with Crippen molar-refractivity contribution >= 4 is 0 Å². The quantitative estimate of drug-likeness (QED) is 0.473. The molecule has 0 bridgehead atoms. The molecule has 0 aliphatic rings. The first-order valence-electron chi connectivity index (χ1n) is 10.3. The summed E-state index contributed by atoms with van der Waals surface area (Å²) in [5.74, 6) is 0. The van der Waals surface area contributed by atoms with Gasteiger partial charge < -0.3 is 0 Å². The van der Waals surface area contributed by atoms with Gasteiger partial charge in [-0.25, -0.2) is 4.79 Å². The first kappa shape index (κ1) is 19.8. The molecule has 0 aliphatic heterocycles. The number of tetrazole rings is 1. The van der Waals surface area contributed by atoms with Gasteiger partial charge in [-0.05, 0) is 47.9 Å². The molecule has 154 valence electrons. The predicted molar refractivity (Wildman–Crippen MR) is 117 cm³/mol. The lowest BCUT2D eigenvalue weighted by atomic mass is 10.0. The van der Waals surface area contributed by atoms with Crippen molar-refractivity contribution < 1.29 is 0 Å². The van der Waals surface area contributed by atoms with Gasteiger partial charge in [0.15, 0.2) is 0 Å². The second-order valence-corrected chi connectivity index (χ2v) is 7.36. The van der Waals surface area contributed by atoms with Crippen LogP contribution in [0.2, 0.25) is 0 Å². The fraction of sp³-hybridized carbons (Fsp3) is 0.304. The molecule has 0 N–H and O–H groups in total. The zero-order valence-corrected chi connectivity index (χ0v) is 17.6. The van der Waals surface area contributed by atoms with Crippen LogP contribution < -0.4 is 5.69 Å². The van der Waals surface area contributed by atoms with Gasteiger partial charge in [0.05, 0.1) is 12.2 Å². The standard InChI is InChI=1S/C23H26N6O/c1-4-8-21-17(3)27(5-2)23(30)28(21)15-18-11-13-19(14-12-18)20-9-6-7-10-22(20)29-16-24-25-26-29/h6-7,9-14,16H,4-5,8,15H2,1-3H3. The Hall–Kier alpha value is -3.48. The number of hydrogen-bond donors (Lipinski definition) is 0. The normalized spacial score (nSPS) is 11.2. The Morgan fingerprint density at radius 2 is 1.73 bits per heavy atom. The van der Waals surface area contributed by atoms with Gasteiger partial charge in [0.1, 0.15) is 6.33 Å². The van der Waals surface area contributed by atoms with Crippen molar-refractivity contribution in [1.29, 1.82) is 0 Å². The smallest absolute Gasteiger partial charge is 0.297 e. The van der Waals surface area contributed by atoms with Crippen molar-refractivity contribution in [2.45, 2.75) is 46.7 Å². The van der Waals surface area contributed by atoms with E-state index in [0.29, 0.717) is 13.1 Å². The fourth-order valence-corrected chi connectivity index (χ4v) is 4.01. The van der Waals surface area contributed by atoms with Crippen LogP contribution in [0.25, 0.3) is 16.8 Å². The van der Waals surface area contributed by atoms with Gasteiger partial charge in [-0.3, -0.25) is 9.13 Å². The SMILES string of the molecule is CCCc1c(C)n(CC)c(=O)n1Cc1ccc(-c2ccccc2-n2cnnn2)cc1. The number of hydrogen-bond acceptors (Lipinski definition) is 4. The van der Waals surface area contributed by atoms with E-state index in [-0.39, 0.29) is 5.69 Å². The largest absolute Gasteiger partial charge is 0.328 e. The molecular formula is C23H26N6O. The summed E-state index contributed by atoms with van der Waals surface area (Å²) >= 11 is 0. The molecule has 0 spiro atoms. The molecule has 0 fully saturated rings. The monoisotopic (exact) mass is 402 g/mol. The molecule has 4 aromatic rings. The van der Waals surface area contributed by atoms with E-state index >= 15 is 0 Å². The molecule has 0 radical (unpaired) electrons. The van der Waals surface area contributed by atoms with Crippen LogP contribution in [-0.4, -0.2) is 29.3 Å². The molecule has 0 atom stereocenters. The Morgan fingerprint density at radius 3 is 2.40 bits per heavy atom. The van der Waals surface area contributed by atoms with Crippen LogP contribution in [-0.2, 0) is 19.5 Å². The highest BCUT2D eigenvalue weighted by Gasteiger charge is 2.15. The van der Waals surface area contributed by atoms with Gasteiger partial charge >= 0.3 is 5.69 Å². The van der Waals surface area contributed by atoms with Crippen LogP contribution in [0.3, 0.4) is 0 Å². The summed E-state index contributed by atoms with van der Waals surface area (Å²) < 4.78 is 5.45. The lowest BCUT2D eigenvalue weighted by Gasteiger charge is -2.11. The lowest BCUT2D eigenvalue weighted by molar-refractivity contribution is 0.650. The van der Waals surface area contributed by atoms with E-state index in [2.05, 4.69) is 52.8 Å². The number of aromatic nitrogens is 6. The number of rotatable bonds is 7. The van der Waals surface area contributed by atoms with E-state index in [1.165, 1.54) is 0 Å². The third-order valence-electron chi connectivity index (χ3n) is 5.52. The molecule has 2 aromatic carbocycles. The van der Waals surface area contributed by atoms with Gasteiger partial charge in [-0.1, -0.05) is 55.8 Å². The minimum atomic E-state index is 0.0755. The van der Waals surface area contributed by atoms with Gasteiger partial charge in [-0.2, -0.15) is 4.68 Å². The predicted octanol–water partition coefficient (Wildman–Crippen LogP) is 3.62. The average molecular weight is 403 g/mol. The molecule has 4 rings (SSSR count). The van der Waals surface area contributed by atoms with Crippen LogP contribution in [0, 0.1) is 6.92 Å². The topological polar surface area (TPSA) is 70.5 Å². The molecule has 2 heterocycles. The summed E-state index contributed by atoms with van der Waals surface area (Å²) in [6, 6.07) is 16.4. The Labute approximate surface area is 175 Å². The van der Waals surface area contributed by atoms with E-state index in [1.54, 1.807) is 11.0 Å². The zero-order chi connectivity index (χ0) is 21.1. The van der Waals surface area contributed by atoms with E-state index in [1.807, 2.05) is 41.2 Å². The molecule has 7 nitrogen and oxygen atoms in total. The summed E-state index contributed by atoms with van der Waals surface area (Å²) in [7, 11) is 0. The minimum Gasteiger partial charge on any atom is -0.297 e. The third kappa shape index (κ3) is 3.58. The lowest BCUT2D eigenvalue weighted by Crippen LogP contribution is -2.25. The van der Waals surface area contributed by atoms with Crippen molar-refractivity contribution in [2.24, 2.45) is 0 Å². The number of benzene rings is 2. The number of para-hydroxylation sites is 1. The van der Waals surface area contributed by atoms with Crippen molar-refractivity contribution in [1.82, 2.24) is 29.3 Å². The molecule has 7 heteroatoms. The molecular weight excluding hydrogens is 376 g/mol. The second kappa shape index (κ2) is 8.49. The minimum absolute atomic E-state index is 0.0755. The van der Waals surface area contributed by atoms with Crippen molar-refractivity contribution in [2.75, 3.05) is 0 Å². The third-order valence-corrected chi connectivity index (χ3v) is 5.52. The maximum Gasteiger partial charge on any atom is 0.328 e. The molecule has 0 aliphatic carbocycles. The summed E-state index contributed by atoms with van der Waals surface area (Å²) in [6.07, 6.45) is 3.52. The van der Waals surface area contributed by atoms with Crippen LogP contribution >= 0.6 is 0 Å². The van der Waals surface area contributed by atoms with E-state index in [0.717, 1.165) is 46.6 Å². The Morgan fingerprint density at radius 1 is 0.967 bits per heavy atom. The van der Waals surface area contributed by atoms with Gasteiger partial charge in [-0.15, -0.1) is 5.10 Å². The van der Waals surface area contributed by atoms with Crippen LogP contribution in [0.4, 0.5) is 0 Å². The molecule has 0 saturated carbocycles. The van der Waals surface area contributed by atoms with Gasteiger partial charge in [0.25, 0.3) is 0 Å². The number of imidazole rings is 1. The number of nitrogens with zero attached hydrogens (tertiary/aromatic N) is 6. The summed E-state index contributed by atoms with van der Waals surface area (Å²) in [5, 5.41) is 11.5. The maximum atomic E-state index is 12.9. The van der Waals surface area contributed by atoms with Crippen molar-refractivity contribution in [3.8, 4) is 16.8 Å². The Bertz CT molecular complexity index is 1190. The summed E-state index contributed by atoms with van der Waals surface area (Å²) in [6.45, 7) is 7.49.